The average Bonchev–Trinajstić information content (AvgIpc) is 3.24. The van der Waals surface area contributed by atoms with Gasteiger partial charge in [-0.15, -0.1) is 0 Å². The minimum absolute atomic E-state index is 0.0302. The molecule has 0 aliphatic carbocycles. The first-order valence-electron chi connectivity index (χ1n) is 13.5. The van der Waals surface area contributed by atoms with Gasteiger partial charge >= 0.3 is 6.01 Å². The van der Waals surface area contributed by atoms with E-state index < -0.39 is 28.6 Å². The summed E-state index contributed by atoms with van der Waals surface area (Å²) < 4.78 is 53.1. The molecule has 3 heterocycles. The number of aliphatic hydroxyl groups is 1. The van der Waals surface area contributed by atoms with Crippen molar-refractivity contribution in [2.45, 2.75) is 57.7 Å². The lowest BCUT2D eigenvalue weighted by molar-refractivity contribution is 0.0251. The van der Waals surface area contributed by atoms with E-state index in [2.05, 4.69) is 15.3 Å². The molecule has 2 fully saturated rings. The summed E-state index contributed by atoms with van der Waals surface area (Å²) in [6.45, 7) is 5.96. The fraction of sp³-hybridized carbons (Fsp3) is 0.400. The minimum atomic E-state index is -1.19. The number of nitrogens with one attached hydrogen (secondary N) is 1. The van der Waals surface area contributed by atoms with E-state index in [0.717, 1.165) is 12.8 Å². The summed E-state index contributed by atoms with van der Waals surface area (Å²) >= 11 is 0. The standard InChI is InChI=1S/C30H31F3N4O3/c1-4-19-22(31)8-5-15-9-18(38)10-20(24(15)19)25-23(32)11-21-27(26(25)33)35-29(40-14-30(2,3)39)36-28(21)37-12-16-6-7-17(13-37)34-16/h5,8-11,16-17,34,38-39H,4,6-7,12-14H2,1-3H3. The quantitative estimate of drug-likeness (QED) is 0.302. The molecule has 0 radical (unpaired) electrons. The summed E-state index contributed by atoms with van der Waals surface area (Å²) in [6.07, 6.45) is 2.28. The Morgan fingerprint density at radius 1 is 1.05 bits per heavy atom. The SMILES string of the molecule is CCc1c(F)ccc2cc(O)cc(-c3c(F)cc4c(N5CC6CCC(C5)N6)nc(OCC(C)(C)O)nc4c3F)c12. The molecule has 3 aromatic carbocycles. The number of hydrogen-bond donors (Lipinski definition) is 3. The lowest BCUT2D eigenvalue weighted by Crippen LogP contribution is -2.51. The monoisotopic (exact) mass is 552 g/mol. The molecule has 3 N–H and O–H groups in total. The number of benzene rings is 3. The van der Waals surface area contributed by atoms with Crippen LogP contribution >= 0.6 is 0 Å². The summed E-state index contributed by atoms with van der Waals surface area (Å²) in [7, 11) is 0. The third kappa shape index (κ3) is 4.69. The first kappa shape index (κ1) is 26.6. The van der Waals surface area contributed by atoms with Crippen molar-refractivity contribution in [2.75, 3.05) is 24.6 Å². The number of anilines is 1. The van der Waals surface area contributed by atoms with Gasteiger partial charge in [-0.2, -0.15) is 9.97 Å². The molecule has 40 heavy (non-hydrogen) atoms. The molecule has 2 atom stereocenters. The van der Waals surface area contributed by atoms with E-state index in [9.17, 15) is 14.6 Å². The number of fused-ring (bicyclic) bond motifs is 4. The predicted molar refractivity (Wildman–Crippen MR) is 147 cm³/mol. The van der Waals surface area contributed by atoms with Gasteiger partial charge in [0.2, 0.25) is 0 Å². The van der Waals surface area contributed by atoms with Crippen LogP contribution in [0.15, 0.2) is 30.3 Å². The fourth-order valence-corrected chi connectivity index (χ4v) is 5.97. The molecule has 2 aliphatic heterocycles. The van der Waals surface area contributed by atoms with Crippen LogP contribution in [-0.2, 0) is 6.42 Å². The third-order valence-electron chi connectivity index (χ3n) is 7.69. The van der Waals surface area contributed by atoms with E-state index in [1.807, 2.05) is 4.90 Å². The summed E-state index contributed by atoms with van der Waals surface area (Å²) in [5.41, 5.74) is -1.46. The summed E-state index contributed by atoms with van der Waals surface area (Å²) in [4.78, 5) is 10.8. The van der Waals surface area contributed by atoms with Crippen LogP contribution in [0.25, 0.3) is 32.8 Å². The maximum Gasteiger partial charge on any atom is 0.319 e. The second-order valence-corrected chi connectivity index (χ2v) is 11.4. The number of aromatic nitrogens is 2. The summed E-state index contributed by atoms with van der Waals surface area (Å²) in [6, 6.07) is 6.97. The average molecular weight is 553 g/mol. The molecule has 0 saturated carbocycles. The van der Waals surface area contributed by atoms with Gasteiger partial charge < -0.3 is 25.2 Å². The van der Waals surface area contributed by atoms with Crippen LogP contribution < -0.4 is 15.0 Å². The van der Waals surface area contributed by atoms with E-state index in [1.54, 1.807) is 20.8 Å². The number of ether oxygens (including phenoxy) is 1. The number of aryl methyl sites for hydroxylation is 1. The van der Waals surface area contributed by atoms with Crippen molar-refractivity contribution in [3.8, 4) is 22.9 Å². The molecule has 2 aliphatic rings. The van der Waals surface area contributed by atoms with Crippen molar-refractivity contribution >= 4 is 27.5 Å². The van der Waals surface area contributed by atoms with Gasteiger partial charge in [-0.25, -0.2) is 13.2 Å². The molecular formula is C30H31F3N4O3. The van der Waals surface area contributed by atoms with Crippen LogP contribution in [0.1, 0.15) is 39.2 Å². The highest BCUT2D eigenvalue weighted by atomic mass is 19.1. The second-order valence-electron chi connectivity index (χ2n) is 11.4. The summed E-state index contributed by atoms with van der Waals surface area (Å²) in [5, 5.41) is 25.1. The topological polar surface area (TPSA) is 90.7 Å². The van der Waals surface area contributed by atoms with E-state index in [4.69, 9.17) is 4.74 Å². The Hall–Kier alpha value is -3.63. The Morgan fingerprint density at radius 2 is 1.77 bits per heavy atom. The van der Waals surface area contributed by atoms with Crippen molar-refractivity contribution in [3.05, 3.63) is 53.3 Å². The largest absolute Gasteiger partial charge is 0.508 e. The molecule has 10 heteroatoms. The highest BCUT2D eigenvalue weighted by Crippen LogP contribution is 2.42. The Labute approximate surface area is 229 Å². The van der Waals surface area contributed by atoms with Crippen molar-refractivity contribution in [1.82, 2.24) is 15.3 Å². The Balaban J connectivity index is 1.60. The lowest BCUT2D eigenvalue weighted by atomic mass is 9.91. The van der Waals surface area contributed by atoms with Gasteiger partial charge in [0.25, 0.3) is 0 Å². The smallest absolute Gasteiger partial charge is 0.319 e. The number of aromatic hydroxyl groups is 1. The number of piperazine rings is 1. The molecule has 2 bridgehead atoms. The molecule has 6 rings (SSSR count). The van der Waals surface area contributed by atoms with Gasteiger partial charge in [-0.05, 0) is 79.3 Å². The second kappa shape index (κ2) is 9.78. The number of phenolic OH excluding ortho intramolecular Hbond substituents is 1. The third-order valence-corrected chi connectivity index (χ3v) is 7.69. The Kier molecular flexibility index (Phi) is 6.50. The van der Waals surface area contributed by atoms with Gasteiger partial charge in [0.15, 0.2) is 5.82 Å². The number of phenols is 1. The van der Waals surface area contributed by atoms with Gasteiger partial charge in [0.1, 0.15) is 35.3 Å². The molecule has 2 saturated heterocycles. The van der Waals surface area contributed by atoms with E-state index in [1.165, 1.54) is 30.3 Å². The highest BCUT2D eigenvalue weighted by Gasteiger charge is 2.34. The highest BCUT2D eigenvalue weighted by molar-refractivity contribution is 6.03. The van der Waals surface area contributed by atoms with Crippen LogP contribution in [0, 0.1) is 17.5 Å². The molecule has 0 amide bonds. The number of rotatable bonds is 6. The number of nitrogens with zero attached hydrogens (tertiary/aromatic N) is 3. The van der Waals surface area contributed by atoms with Gasteiger partial charge in [-0.3, -0.25) is 0 Å². The van der Waals surface area contributed by atoms with Crippen molar-refractivity contribution in [3.63, 3.8) is 0 Å². The maximum atomic E-state index is 16.5. The number of halogens is 3. The van der Waals surface area contributed by atoms with Crippen LogP contribution in [0.5, 0.6) is 11.8 Å². The zero-order valence-electron chi connectivity index (χ0n) is 22.6. The van der Waals surface area contributed by atoms with Crippen LogP contribution in [0.4, 0.5) is 19.0 Å². The Bertz CT molecular complexity index is 1630. The van der Waals surface area contributed by atoms with E-state index in [0.29, 0.717) is 35.2 Å². The maximum absolute atomic E-state index is 16.5. The molecule has 7 nitrogen and oxygen atoms in total. The molecule has 1 aromatic heterocycles. The molecular weight excluding hydrogens is 521 g/mol. The lowest BCUT2D eigenvalue weighted by Gasteiger charge is -2.34. The number of hydrogen-bond acceptors (Lipinski definition) is 7. The zero-order chi connectivity index (χ0) is 28.3. The summed E-state index contributed by atoms with van der Waals surface area (Å²) in [5.74, 6) is -2.20. The van der Waals surface area contributed by atoms with Gasteiger partial charge in [-0.1, -0.05) is 13.0 Å². The molecule has 210 valence electrons. The van der Waals surface area contributed by atoms with Crippen molar-refractivity contribution < 1.29 is 28.1 Å². The minimum Gasteiger partial charge on any atom is -0.508 e. The molecule has 2 unspecified atom stereocenters. The van der Waals surface area contributed by atoms with Crippen LogP contribution in [-0.4, -0.2) is 57.6 Å². The van der Waals surface area contributed by atoms with Crippen LogP contribution in [0.3, 0.4) is 0 Å². The molecule has 0 spiro atoms. The Morgan fingerprint density at radius 3 is 2.45 bits per heavy atom. The fourth-order valence-electron chi connectivity index (χ4n) is 5.97. The normalized spacial score (nSPS) is 19.1. The predicted octanol–water partition coefficient (Wildman–Crippen LogP) is 5.23. The first-order valence-corrected chi connectivity index (χ1v) is 13.5. The van der Waals surface area contributed by atoms with Gasteiger partial charge in [0, 0.05) is 30.6 Å². The zero-order valence-corrected chi connectivity index (χ0v) is 22.6. The van der Waals surface area contributed by atoms with Crippen molar-refractivity contribution in [1.29, 1.82) is 0 Å². The van der Waals surface area contributed by atoms with Crippen LogP contribution in [0.2, 0.25) is 0 Å². The van der Waals surface area contributed by atoms with Gasteiger partial charge in [0.05, 0.1) is 11.2 Å². The first-order chi connectivity index (χ1) is 19.0. The van der Waals surface area contributed by atoms with E-state index >= 15 is 8.78 Å². The van der Waals surface area contributed by atoms with Crippen molar-refractivity contribution in [2.24, 2.45) is 0 Å². The molecule has 4 aromatic rings. The van der Waals surface area contributed by atoms with E-state index in [-0.39, 0.29) is 53.3 Å².